The number of nitro benzene ring substituents is 1. The zero-order valence-corrected chi connectivity index (χ0v) is 25.0. The highest BCUT2D eigenvalue weighted by molar-refractivity contribution is 6.71. The van der Waals surface area contributed by atoms with E-state index in [-0.39, 0.29) is 42.3 Å². The SMILES string of the molecule is C[C@@H]1[C@@H]([Si](C)(C)O)[C@H](CCO)O[C@@]12C(=O)N(Cc1ccc(-n3ncc4ccccc4c3=O)cc1)c1ccc([N+](=O)[O-])cc12. The fourth-order valence-corrected chi connectivity index (χ4v) is 9.54. The van der Waals surface area contributed by atoms with Gasteiger partial charge in [0.2, 0.25) is 0 Å². The van der Waals surface area contributed by atoms with Gasteiger partial charge in [-0.3, -0.25) is 19.7 Å². The molecule has 11 nitrogen and oxygen atoms in total. The van der Waals surface area contributed by atoms with E-state index < -0.39 is 30.9 Å². The van der Waals surface area contributed by atoms with Crippen molar-refractivity contribution in [3.05, 3.63) is 105 Å². The molecule has 1 spiro atoms. The fraction of sp³-hybridized carbons (Fsp3) is 0.323. The number of carbonyl (C=O) groups excluding carboxylic acids is 1. The first kappa shape index (κ1) is 28.9. The minimum atomic E-state index is -2.90. The van der Waals surface area contributed by atoms with E-state index in [1.54, 1.807) is 54.5 Å². The Balaban J connectivity index is 1.38. The molecule has 1 amide bonds. The number of hydrogen-bond donors (Lipinski definition) is 2. The Labute approximate surface area is 248 Å². The van der Waals surface area contributed by atoms with Crippen LogP contribution in [0.25, 0.3) is 16.5 Å². The van der Waals surface area contributed by atoms with Gasteiger partial charge in [0.05, 0.1) is 40.5 Å². The second-order valence-corrected chi connectivity index (χ2v) is 15.8. The molecule has 12 heteroatoms. The van der Waals surface area contributed by atoms with E-state index in [1.807, 2.05) is 31.2 Å². The highest BCUT2D eigenvalue weighted by Gasteiger charge is 2.66. The van der Waals surface area contributed by atoms with E-state index in [2.05, 4.69) is 5.10 Å². The lowest BCUT2D eigenvalue weighted by atomic mass is 9.82. The Kier molecular flexibility index (Phi) is 7.04. The van der Waals surface area contributed by atoms with Crippen molar-refractivity contribution in [1.82, 2.24) is 9.78 Å². The van der Waals surface area contributed by atoms with Crippen molar-refractivity contribution < 1.29 is 24.4 Å². The number of non-ortho nitro benzene ring substituents is 1. The number of carbonyl (C=O) groups is 1. The summed E-state index contributed by atoms with van der Waals surface area (Å²) >= 11 is 0. The maximum absolute atomic E-state index is 14.4. The number of amides is 1. The third-order valence-electron chi connectivity index (χ3n) is 8.81. The Morgan fingerprint density at radius 1 is 1.09 bits per heavy atom. The zero-order chi connectivity index (χ0) is 30.7. The molecule has 0 unspecified atom stereocenters. The molecule has 3 aromatic carbocycles. The highest BCUT2D eigenvalue weighted by Crippen LogP contribution is 2.60. The molecule has 0 bridgehead atoms. The fourth-order valence-electron chi connectivity index (χ4n) is 6.93. The number of ether oxygens (including phenoxy) is 1. The summed E-state index contributed by atoms with van der Waals surface area (Å²) in [4.78, 5) is 51.5. The average molecular weight is 601 g/mol. The number of benzene rings is 3. The van der Waals surface area contributed by atoms with Crippen LogP contribution in [0.1, 0.15) is 24.5 Å². The summed E-state index contributed by atoms with van der Waals surface area (Å²) in [6.07, 6.45) is 1.28. The standard InChI is InChI=1S/C31H32N4O7Si/c1-19-28(43(2,3)41)27(14-15-36)42-31(19)25-16-23(35(39)40)12-13-26(25)33(30(31)38)18-20-8-10-22(11-9-20)34-29(37)24-7-5-4-6-21(24)17-32-34/h4-13,16-17,19,27-28,36,41H,14-15,18H2,1-3H3/t19-,27+,28-,31+/m1/s1. The van der Waals surface area contributed by atoms with Crippen LogP contribution < -0.4 is 10.5 Å². The molecule has 4 aromatic rings. The van der Waals surface area contributed by atoms with E-state index in [4.69, 9.17) is 4.74 Å². The lowest BCUT2D eigenvalue weighted by Crippen LogP contribution is -2.46. The first-order valence-electron chi connectivity index (χ1n) is 14.2. The van der Waals surface area contributed by atoms with E-state index in [1.165, 1.54) is 16.8 Å². The van der Waals surface area contributed by atoms with Gasteiger partial charge in [0.1, 0.15) is 0 Å². The van der Waals surface area contributed by atoms with Crippen molar-refractivity contribution in [2.45, 2.75) is 50.2 Å². The predicted octanol–water partition coefficient (Wildman–Crippen LogP) is 4.02. The van der Waals surface area contributed by atoms with Gasteiger partial charge in [0, 0.05) is 41.1 Å². The van der Waals surface area contributed by atoms with Crippen LogP contribution in [-0.4, -0.2) is 51.5 Å². The molecule has 4 atom stereocenters. The van der Waals surface area contributed by atoms with Crippen LogP contribution >= 0.6 is 0 Å². The lowest BCUT2D eigenvalue weighted by molar-refractivity contribution is -0.385. The molecule has 2 aliphatic heterocycles. The van der Waals surface area contributed by atoms with Crippen molar-refractivity contribution >= 4 is 36.4 Å². The normalized spacial score (nSPS) is 23.3. The quantitative estimate of drug-likeness (QED) is 0.184. The molecule has 1 fully saturated rings. The van der Waals surface area contributed by atoms with Gasteiger partial charge in [0.15, 0.2) is 13.9 Å². The first-order valence-corrected chi connectivity index (χ1v) is 17.2. The summed E-state index contributed by atoms with van der Waals surface area (Å²) in [6.45, 7) is 5.38. The first-order chi connectivity index (χ1) is 20.5. The van der Waals surface area contributed by atoms with E-state index in [9.17, 15) is 29.6 Å². The lowest BCUT2D eigenvalue weighted by Gasteiger charge is -2.32. The van der Waals surface area contributed by atoms with Crippen LogP contribution in [0.3, 0.4) is 0 Å². The van der Waals surface area contributed by atoms with Gasteiger partial charge in [0.25, 0.3) is 17.2 Å². The van der Waals surface area contributed by atoms with Crippen molar-refractivity contribution in [3.8, 4) is 5.69 Å². The van der Waals surface area contributed by atoms with E-state index in [0.717, 1.165) is 10.9 Å². The van der Waals surface area contributed by atoms with E-state index in [0.29, 0.717) is 22.3 Å². The Bertz CT molecular complexity index is 1800. The smallest absolute Gasteiger partial charge is 0.279 e. The maximum atomic E-state index is 14.4. The molecule has 0 aliphatic carbocycles. The molecule has 43 heavy (non-hydrogen) atoms. The number of nitrogens with zero attached hydrogens (tertiary/aromatic N) is 4. The number of aromatic nitrogens is 2. The largest absolute Gasteiger partial charge is 0.432 e. The number of hydrogen-bond acceptors (Lipinski definition) is 8. The molecule has 6 rings (SSSR count). The predicted molar refractivity (Wildman–Crippen MR) is 162 cm³/mol. The summed E-state index contributed by atoms with van der Waals surface area (Å²) < 4.78 is 7.85. The minimum absolute atomic E-state index is 0.150. The van der Waals surface area contributed by atoms with Gasteiger partial charge in [-0.2, -0.15) is 9.78 Å². The van der Waals surface area contributed by atoms with Gasteiger partial charge in [-0.15, -0.1) is 0 Å². The van der Waals surface area contributed by atoms with Crippen LogP contribution in [0.2, 0.25) is 18.6 Å². The molecule has 2 N–H and O–H groups in total. The topological polar surface area (TPSA) is 148 Å². The van der Waals surface area contributed by atoms with Gasteiger partial charge in [-0.25, -0.2) is 0 Å². The third kappa shape index (κ3) is 4.57. The van der Waals surface area contributed by atoms with Gasteiger partial charge in [-0.05, 0) is 49.3 Å². The summed E-state index contributed by atoms with van der Waals surface area (Å²) in [6, 6.07) is 18.7. The molecule has 1 saturated heterocycles. The van der Waals surface area contributed by atoms with Crippen LogP contribution in [0.4, 0.5) is 11.4 Å². The number of rotatable bonds is 7. The monoisotopic (exact) mass is 600 g/mol. The van der Waals surface area contributed by atoms with Gasteiger partial charge in [-0.1, -0.05) is 37.3 Å². The molecule has 1 aromatic heterocycles. The van der Waals surface area contributed by atoms with Crippen LogP contribution in [-0.2, 0) is 21.7 Å². The van der Waals surface area contributed by atoms with Crippen molar-refractivity contribution in [2.75, 3.05) is 11.5 Å². The Hall–Kier alpha value is -4.23. The molecular formula is C31H32N4O7Si. The summed E-state index contributed by atoms with van der Waals surface area (Å²) in [5, 5.41) is 27.1. The van der Waals surface area contributed by atoms with Gasteiger partial charge >= 0.3 is 0 Å². The number of nitro groups is 1. The van der Waals surface area contributed by atoms with Crippen LogP contribution in [0.5, 0.6) is 0 Å². The van der Waals surface area contributed by atoms with Crippen molar-refractivity contribution in [1.29, 1.82) is 0 Å². The average Bonchev–Trinajstić information content (AvgIpc) is 3.40. The summed E-state index contributed by atoms with van der Waals surface area (Å²) in [5.41, 5.74) is -0.109. The van der Waals surface area contributed by atoms with Crippen LogP contribution in [0, 0.1) is 16.0 Å². The molecule has 0 saturated carbocycles. The van der Waals surface area contributed by atoms with Crippen molar-refractivity contribution in [2.24, 2.45) is 5.92 Å². The van der Waals surface area contributed by atoms with Crippen LogP contribution in [0.15, 0.2) is 77.7 Å². The van der Waals surface area contributed by atoms with Crippen molar-refractivity contribution in [3.63, 3.8) is 0 Å². The van der Waals surface area contributed by atoms with Gasteiger partial charge < -0.3 is 19.5 Å². The molecule has 3 heterocycles. The molecular weight excluding hydrogens is 568 g/mol. The second kappa shape index (κ2) is 10.5. The summed E-state index contributed by atoms with van der Waals surface area (Å²) in [7, 11) is -2.90. The Morgan fingerprint density at radius 2 is 1.81 bits per heavy atom. The maximum Gasteiger partial charge on any atom is 0.279 e. The number of fused-ring (bicyclic) bond motifs is 3. The molecule has 222 valence electrons. The number of aliphatic hydroxyl groups is 1. The van der Waals surface area contributed by atoms with E-state index >= 15 is 0 Å². The number of aliphatic hydroxyl groups excluding tert-OH is 1. The highest BCUT2D eigenvalue weighted by atomic mass is 28.4. The molecule has 2 aliphatic rings. The Morgan fingerprint density at radius 3 is 2.49 bits per heavy atom. The molecule has 0 radical (unpaired) electrons. The zero-order valence-electron chi connectivity index (χ0n) is 24.0. The number of anilines is 1. The third-order valence-corrected chi connectivity index (χ3v) is 11.3. The minimum Gasteiger partial charge on any atom is -0.432 e. The second-order valence-electron chi connectivity index (χ2n) is 11.8. The summed E-state index contributed by atoms with van der Waals surface area (Å²) in [5.74, 6) is -0.863.